The molecule has 0 atom stereocenters. The highest BCUT2D eigenvalue weighted by Gasteiger charge is 2.06. The number of benzene rings is 2. The quantitative estimate of drug-likeness (QED) is 0.803. The van der Waals surface area contributed by atoms with Crippen molar-refractivity contribution in [3.05, 3.63) is 53.6 Å². The third-order valence-electron chi connectivity index (χ3n) is 2.96. The largest absolute Gasteiger partial charge is 0.457 e. The van der Waals surface area contributed by atoms with Crippen molar-refractivity contribution in [1.29, 1.82) is 0 Å². The Morgan fingerprint density at radius 2 is 1.83 bits per heavy atom. The van der Waals surface area contributed by atoms with Crippen molar-refractivity contribution in [2.75, 3.05) is 5.73 Å². The van der Waals surface area contributed by atoms with E-state index in [-0.39, 0.29) is 0 Å². The van der Waals surface area contributed by atoms with Gasteiger partial charge in [-0.15, -0.1) is 0 Å². The Kier molecular flexibility index (Phi) is 3.56. The summed E-state index contributed by atoms with van der Waals surface area (Å²) in [7, 11) is 0. The smallest absolute Gasteiger partial charge is 0.130 e. The van der Waals surface area contributed by atoms with Gasteiger partial charge in [0.2, 0.25) is 0 Å². The summed E-state index contributed by atoms with van der Waals surface area (Å²) >= 11 is 0. The summed E-state index contributed by atoms with van der Waals surface area (Å²) in [5, 5.41) is 0. The molecule has 0 aliphatic rings. The fraction of sp³-hybridized carbons (Fsp3) is 0.250. The molecule has 0 bridgehead atoms. The van der Waals surface area contributed by atoms with E-state index >= 15 is 0 Å². The van der Waals surface area contributed by atoms with Crippen LogP contribution in [-0.2, 0) is 0 Å². The summed E-state index contributed by atoms with van der Waals surface area (Å²) in [5.74, 6) is 2.17. The van der Waals surface area contributed by atoms with Crippen LogP contribution in [0.5, 0.6) is 11.5 Å². The number of anilines is 1. The van der Waals surface area contributed by atoms with Crippen molar-refractivity contribution >= 4 is 5.69 Å². The molecule has 2 aromatic rings. The first-order chi connectivity index (χ1) is 8.56. The maximum Gasteiger partial charge on any atom is 0.130 e. The molecule has 0 fully saturated rings. The summed E-state index contributed by atoms with van der Waals surface area (Å²) in [5.41, 5.74) is 8.87. The van der Waals surface area contributed by atoms with Gasteiger partial charge in [0, 0.05) is 11.8 Å². The molecule has 94 valence electrons. The van der Waals surface area contributed by atoms with E-state index < -0.39 is 0 Å². The fourth-order valence-corrected chi connectivity index (χ4v) is 1.79. The molecule has 18 heavy (non-hydrogen) atoms. The maximum atomic E-state index is 5.90. The van der Waals surface area contributed by atoms with E-state index in [1.54, 1.807) is 0 Å². The second kappa shape index (κ2) is 5.13. The Hall–Kier alpha value is -1.96. The first kappa shape index (κ1) is 12.5. The third-order valence-corrected chi connectivity index (χ3v) is 2.96. The van der Waals surface area contributed by atoms with Gasteiger partial charge >= 0.3 is 0 Å². The standard InChI is InChI=1S/C16H19NO/c1-11(2)13-8-7-12(3)16(9-13)18-15-6-4-5-14(17)10-15/h4-11H,17H2,1-3H3. The lowest BCUT2D eigenvalue weighted by atomic mass is 10.0. The molecule has 0 heterocycles. The van der Waals surface area contributed by atoms with E-state index in [2.05, 4.69) is 32.0 Å². The third kappa shape index (κ3) is 2.83. The van der Waals surface area contributed by atoms with Crippen LogP contribution in [0, 0.1) is 6.92 Å². The van der Waals surface area contributed by atoms with Gasteiger partial charge in [-0.1, -0.05) is 32.0 Å². The normalized spacial score (nSPS) is 10.7. The zero-order chi connectivity index (χ0) is 13.1. The van der Waals surface area contributed by atoms with Crippen LogP contribution in [0.2, 0.25) is 0 Å². The minimum Gasteiger partial charge on any atom is -0.457 e. The van der Waals surface area contributed by atoms with E-state index in [9.17, 15) is 0 Å². The van der Waals surface area contributed by atoms with E-state index in [0.717, 1.165) is 17.1 Å². The molecule has 2 nitrogen and oxygen atoms in total. The minimum absolute atomic E-state index is 0.494. The van der Waals surface area contributed by atoms with Crippen LogP contribution in [0.3, 0.4) is 0 Å². The highest BCUT2D eigenvalue weighted by Crippen LogP contribution is 2.29. The monoisotopic (exact) mass is 241 g/mol. The van der Waals surface area contributed by atoms with Crippen molar-refractivity contribution < 1.29 is 4.74 Å². The first-order valence-corrected chi connectivity index (χ1v) is 6.20. The Bertz CT molecular complexity index is 547. The molecule has 0 unspecified atom stereocenters. The highest BCUT2D eigenvalue weighted by atomic mass is 16.5. The van der Waals surface area contributed by atoms with Gasteiger partial charge in [0.1, 0.15) is 11.5 Å². The Morgan fingerprint density at radius 1 is 1.06 bits per heavy atom. The molecule has 0 radical (unpaired) electrons. The summed E-state index contributed by atoms with van der Waals surface area (Å²) in [6.07, 6.45) is 0. The molecule has 0 spiro atoms. The van der Waals surface area contributed by atoms with Crippen molar-refractivity contribution in [2.45, 2.75) is 26.7 Å². The molecule has 0 saturated carbocycles. The van der Waals surface area contributed by atoms with Crippen molar-refractivity contribution in [3.8, 4) is 11.5 Å². The molecule has 0 aliphatic heterocycles. The average Bonchev–Trinajstić information content (AvgIpc) is 2.31. The number of hydrogen-bond donors (Lipinski definition) is 1. The van der Waals surface area contributed by atoms with Crippen LogP contribution in [0.4, 0.5) is 5.69 Å². The van der Waals surface area contributed by atoms with Gasteiger partial charge in [-0.05, 0) is 42.2 Å². The zero-order valence-electron chi connectivity index (χ0n) is 11.1. The topological polar surface area (TPSA) is 35.2 Å². The van der Waals surface area contributed by atoms with Crippen molar-refractivity contribution in [1.82, 2.24) is 0 Å². The molecule has 2 rings (SSSR count). The van der Waals surface area contributed by atoms with Gasteiger partial charge in [0.05, 0.1) is 0 Å². The summed E-state index contributed by atoms with van der Waals surface area (Å²) in [6.45, 7) is 6.40. The zero-order valence-corrected chi connectivity index (χ0v) is 11.1. The lowest BCUT2D eigenvalue weighted by molar-refractivity contribution is 0.478. The van der Waals surface area contributed by atoms with Gasteiger partial charge in [0.15, 0.2) is 0 Å². The number of ether oxygens (including phenoxy) is 1. The SMILES string of the molecule is Cc1ccc(C(C)C)cc1Oc1cccc(N)c1. The summed E-state index contributed by atoms with van der Waals surface area (Å²) in [6, 6.07) is 13.8. The number of nitrogen functional groups attached to an aromatic ring is 1. The molecule has 0 amide bonds. The molecule has 2 N–H and O–H groups in total. The highest BCUT2D eigenvalue weighted by molar-refractivity contribution is 5.47. The predicted octanol–water partition coefficient (Wildman–Crippen LogP) is 4.49. The van der Waals surface area contributed by atoms with Gasteiger partial charge < -0.3 is 10.5 Å². The lowest BCUT2D eigenvalue weighted by Gasteiger charge is -2.12. The van der Waals surface area contributed by atoms with Gasteiger partial charge in [-0.3, -0.25) is 0 Å². The molecule has 0 aromatic heterocycles. The lowest BCUT2D eigenvalue weighted by Crippen LogP contribution is -1.93. The Balaban J connectivity index is 2.30. The van der Waals surface area contributed by atoms with E-state index in [0.29, 0.717) is 11.6 Å². The van der Waals surface area contributed by atoms with E-state index in [4.69, 9.17) is 10.5 Å². The number of rotatable bonds is 3. The molecule has 2 heteroatoms. The summed E-state index contributed by atoms with van der Waals surface area (Å²) < 4.78 is 5.90. The fourth-order valence-electron chi connectivity index (χ4n) is 1.79. The van der Waals surface area contributed by atoms with Crippen LogP contribution in [-0.4, -0.2) is 0 Å². The first-order valence-electron chi connectivity index (χ1n) is 6.20. The Labute approximate surface area is 108 Å². The molecular formula is C16H19NO. The Morgan fingerprint density at radius 3 is 2.50 bits per heavy atom. The maximum absolute atomic E-state index is 5.90. The molecule has 0 aliphatic carbocycles. The molecular weight excluding hydrogens is 222 g/mol. The second-order valence-electron chi connectivity index (χ2n) is 4.85. The average molecular weight is 241 g/mol. The van der Waals surface area contributed by atoms with E-state index in [1.165, 1.54) is 5.56 Å². The van der Waals surface area contributed by atoms with Crippen LogP contribution in [0.15, 0.2) is 42.5 Å². The number of hydrogen-bond acceptors (Lipinski definition) is 2. The van der Waals surface area contributed by atoms with Crippen molar-refractivity contribution in [2.24, 2.45) is 0 Å². The number of aryl methyl sites for hydroxylation is 1. The molecule has 2 aromatic carbocycles. The van der Waals surface area contributed by atoms with E-state index in [1.807, 2.05) is 31.2 Å². The minimum atomic E-state index is 0.494. The van der Waals surface area contributed by atoms with Crippen LogP contribution in [0.25, 0.3) is 0 Å². The second-order valence-corrected chi connectivity index (χ2v) is 4.85. The number of nitrogens with two attached hydrogens (primary N) is 1. The van der Waals surface area contributed by atoms with Gasteiger partial charge in [-0.25, -0.2) is 0 Å². The van der Waals surface area contributed by atoms with Gasteiger partial charge in [-0.2, -0.15) is 0 Å². The van der Waals surface area contributed by atoms with Crippen LogP contribution in [0.1, 0.15) is 30.9 Å². The van der Waals surface area contributed by atoms with Crippen LogP contribution >= 0.6 is 0 Å². The van der Waals surface area contributed by atoms with Crippen LogP contribution < -0.4 is 10.5 Å². The molecule has 0 saturated heterocycles. The van der Waals surface area contributed by atoms with Gasteiger partial charge in [0.25, 0.3) is 0 Å². The predicted molar refractivity (Wildman–Crippen MR) is 76.2 cm³/mol. The van der Waals surface area contributed by atoms with Crippen molar-refractivity contribution in [3.63, 3.8) is 0 Å². The summed E-state index contributed by atoms with van der Waals surface area (Å²) in [4.78, 5) is 0.